The molecule has 0 saturated heterocycles. The Morgan fingerprint density at radius 2 is 1.85 bits per heavy atom. The van der Waals surface area contributed by atoms with Gasteiger partial charge < -0.3 is 4.74 Å². The van der Waals surface area contributed by atoms with Crippen LogP contribution in [-0.4, -0.2) is 25.5 Å². The van der Waals surface area contributed by atoms with Gasteiger partial charge in [0.1, 0.15) is 10.6 Å². The molecule has 0 unspecified atom stereocenters. The van der Waals surface area contributed by atoms with E-state index in [0.29, 0.717) is 11.4 Å². The fourth-order valence-corrected chi connectivity index (χ4v) is 3.85. The van der Waals surface area contributed by atoms with E-state index in [9.17, 15) is 8.42 Å². The first-order valence-corrected chi connectivity index (χ1v) is 9.48. The minimum Gasteiger partial charge on any atom is -0.495 e. The number of methoxy groups -OCH3 is 1. The van der Waals surface area contributed by atoms with Gasteiger partial charge in [-0.25, -0.2) is 13.1 Å². The molecule has 0 radical (unpaired) electrons. The van der Waals surface area contributed by atoms with Gasteiger partial charge in [0.05, 0.1) is 12.8 Å². The molecule has 3 aromatic rings. The number of hydrogen-bond donors (Lipinski definition) is 1. The van der Waals surface area contributed by atoms with Gasteiger partial charge in [-0.15, -0.1) is 0 Å². The van der Waals surface area contributed by atoms with E-state index in [0.717, 1.165) is 16.7 Å². The average molecular weight is 369 g/mol. The van der Waals surface area contributed by atoms with Crippen LogP contribution in [0.4, 0.5) is 0 Å². The second-order valence-corrected chi connectivity index (χ2v) is 7.46. The minimum atomic E-state index is -3.74. The first kappa shape index (κ1) is 18.0. The van der Waals surface area contributed by atoms with Gasteiger partial charge in [-0.05, 0) is 48.4 Å². The maximum atomic E-state index is 12.8. The van der Waals surface area contributed by atoms with Crippen molar-refractivity contribution in [2.75, 3.05) is 7.11 Å². The number of benzene rings is 1. The van der Waals surface area contributed by atoms with E-state index < -0.39 is 10.0 Å². The summed E-state index contributed by atoms with van der Waals surface area (Å²) in [7, 11) is -2.29. The molecule has 0 aliphatic rings. The summed E-state index contributed by atoms with van der Waals surface area (Å²) >= 11 is 0. The highest BCUT2D eigenvalue weighted by Crippen LogP contribution is 2.25. The minimum absolute atomic E-state index is 0.116. The molecular weight excluding hydrogens is 350 g/mol. The monoisotopic (exact) mass is 369 g/mol. The predicted molar refractivity (Wildman–Crippen MR) is 99.2 cm³/mol. The number of aromatic nitrogens is 2. The summed E-state index contributed by atoms with van der Waals surface area (Å²) in [5.41, 5.74) is 3.20. The molecule has 2 aromatic heterocycles. The summed E-state index contributed by atoms with van der Waals surface area (Å²) in [6.45, 7) is 1.95. The van der Waals surface area contributed by atoms with Gasteiger partial charge >= 0.3 is 0 Å². The van der Waals surface area contributed by atoms with Crippen LogP contribution in [0.1, 0.15) is 11.1 Å². The molecule has 0 spiro atoms. The molecule has 26 heavy (non-hydrogen) atoms. The van der Waals surface area contributed by atoms with Crippen molar-refractivity contribution in [2.24, 2.45) is 0 Å². The second-order valence-electron chi connectivity index (χ2n) is 5.73. The summed E-state index contributed by atoms with van der Waals surface area (Å²) in [4.78, 5) is 8.50. The Balaban J connectivity index is 1.89. The lowest BCUT2D eigenvalue weighted by molar-refractivity contribution is 0.402. The van der Waals surface area contributed by atoms with Gasteiger partial charge in [0, 0.05) is 30.7 Å². The lowest BCUT2D eigenvalue weighted by Crippen LogP contribution is -2.24. The van der Waals surface area contributed by atoms with Crippen LogP contribution >= 0.6 is 0 Å². The molecule has 0 atom stereocenters. The Bertz CT molecular complexity index is 1010. The van der Waals surface area contributed by atoms with Crippen LogP contribution in [0.25, 0.3) is 11.3 Å². The van der Waals surface area contributed by atoms with Gasteiger partial charge in [-0.3, -0.25) is 9.97 Å². The van der Waals surface area contributed by atoms with Crippen LogP contribution in [0.2, 0.25) is 0 Å². The summed E-state index contributed by atoms with van der Waals surface area (Å²) in [6, 6.07) is 12.3. The number of aryl methyl sites for hydroxylation is 1. The molecule has 0 saturated carbocycles. The number of sulfonamides is 1. The van der Waals surface area contributed by atoms with Crippen molar-refractivity contribution in [1.29, 1.82) is 0 Å². The standard InChI is InChI=1S/C19H19N3O3S/c1-14-5-6-17(25-2)18(12-14)26(23,24)22-13-16-4-3-9-21-19(16)15-7-10-20-11-8-15/h3-12,22H,13H2,1-2H3. The number of nitrogens with one attached hydrogen (secondary N) is 1. The zero-order chi connectivity index (χ0) is 18.6. The summed E-state index contributed by atoms with van der Waals surface area (Å²) in [5.74, 6) is 0.309. The van der Waals surface area contributed by atoms with Crippen molar-refractivity contribution in [3.05, 3.63) is 72.2 Å². The highest BCUT2D eigenvalue weighted by molar-refractivity contribution is 7.89. The number of pyridine rings is 2. The fraction of sp³-hybridized carbons (Fsp3) is 0.158. The number of nitrogens with zero attached hydrogens (tertiary/aromatic N) is 2. The number of ether oxygens (including phenoxy) is 1. The molecule has 7 heteroatoms. The Morgan fingerprint density at radius 3 is 2.58 bits per heavy atom. The zero-order valence-electron chi connectivity index (χ0n) is 14.5. The predicted octanol–water partition coefficient (Wildman–Crippen LogP) is 2.94. The lowest BCUT2D eigenvalue weighted by atomic mass is 10.1. The van der Waals surface area contributed by atoms with E-state index in [-0.39, 0.29) is 11.4 Å². The molecule has 0 fully saturated rings. The van der Waals surface area contributed by atoms with Crippen molar-refractivity contribution in [3.63, 3.8) is 0 Å². The van der Waals surface area contributed by atoms with E-state index in [4.69, 9.17) is 4.74 Å². The molecule has 6 nitrogen and oxygen atoms in total. The molecule has 0 aliphatic carbocycles. The summed E-state index contributed by atoms with van der Waals surface area (Å²) in [5, 5.41) is 0. The van der Waals surface area contributed by atoms with Crippen LogP contribution in [0, 0.1) is 6.92 Å². The third kappa shape index (κ3) is 3.89. The van der Waals surface area contributed by atoms with Crippen LogP contribution in [0.5, 0.6) is 5.75 Å². The number of rotatable bonds is 6. The van der Waals surface area contributed by atoms with Gasteiger partial charge in [0.2, 0.25) is 10.0 Å². The second kappa shape index (κ2) is 7.63. The van der Waals surface area contributed by atoms with Gasteiger partial charge in [0.25, 0.3) is 0 Å². The summed E-state index contributed by atoms with van der Waals surface area (Å²) in [6.07, 6.45) is 5.03. The van der Waals surface area contributed by atoms with Crippen molar-refractivity contribution in [3.8, 4) is 17.0 Å². The first-order valence-electron chi connectivity index (χ1n) is 8.00. The lowest BCUT2D eigenvalue weighted by Gasteiger charge is -2.13. The highest BCUT2D eigenvalue weighted by atomic mass is 32.2. The van der Waals surface area contributed by atoms with Crippen molar-refractivity contribution in [2.45, 2.75) is 18.4 Å². The first-order chi connectivity index (χ1) is 12.5. The summed E-state index contributed by atoms with van der Waals surface area (Å²) < 4.78 is 33.4. The van der Waals surface area contributed by atoms with Crippen molar-refractivity contribution >= 4 is 10.0 Å². The van der Waals surface area contributed by atoms with E-state index in [1.165, 1.54) is 7.11 Å². The zero-order valence-corrected chi connectivity index (χ0v) is 15.3. The molecule has 134 valence electrons. The maximum absolute atomic E-state index is 12.8. The molecule has 0 amide bonds. The fourth-order valence-electron chi connectivity index (χ4n) is 2.60. The smallest absolute Gasteiger partial charge is 0.244 e. The third-order valence-corrected chi connectivity index (χ3v) is 5.33. The Morgan fingerprint density at radius 1 is 1.08 bits per heavy atom. The van der Waals surface area contributed by atoms with Gasteiger partial charge in [0.15, 0.2) is 0 Å². The van der Waals surface area contributed by atoms with E-state index >= 15 is 0 Å². The Kier molecular flexibility index (Phi) is 5.29. The van der Waals surface area contributed by atoms with Crippen LogP contribution in [0.15, 0.2) is 66.0 Å². The molecule has 1 N–H and O–H groups in total. The van der Waals surface area contributed by atoms with Crippen LogP contribution in [-0.2, 0) is 16.6 Å². The van der Waals surface area contributed by atoms with E-state index in [1.54, 1.807) is 42.9 Å². The molecule has 2 heterocycles. The topological polar surface area (TPSA) is 81.2 Å². The largest absolute Gasteiger partial charge is 0.495 e. The molecule has 3 rings (SSSR count). The Labute approximate surface area is 153 Å². The molecule has 0 aliphatic heterocycles. The quantitative estimate of drug-likeness (QED) is 0.722. The van der Waals surface area contributed by atoms with Crippen LogP contribution < -0.4 is 9.46 Å². The normalized spacial score (nSPS) is 11.3. The van der Waals surface area contributed by atoms with E-state index in [1.807, 2.05) is 25.1 Å². The maximum Gasteiger partial charge on any atom is 0.244 e. The molecule has 1 aromatic carbocycles. The van der Waals surface area contributed by atoms with Gasteiger partial charge in [-0.1, -0.05) is 12.1 Å². The SMILES string of the molecule is COc1ccc(C)cc1S(=O)(=O)NCc1cccnc1-c1ccncc1. The van der Waals surface area contributed by atoms with Crippen LogP contribution in [0.3, 0.4) is 0 Å². The molecular formula is C19H19N3O3S. The van der Waals surface area contributed by atoms with E-state index in [2.05, 4.69) is 14.7 Å². The number of hydrogen-bond acceptors (Lipinski definition) is 5. The third-order valence-electron chi connectivity index (χ3n) is 3.91. The molecule has 0 bridgehead atoms. The highest BCUT2D eigenvalue weighted by Gasteiger charge is 2.20. The Hall–Kier alpha value is -2.77. The van der Waals surface area contributed by atoms with Crippen molar-refractivity contribution in [1.82, 2.24) is 14.7 Å². The van der Waals surface area contributed by atoms with Gasteiger partial charge in [-0.2, -0.15) is 0 Å². The average Bonchev–Trinajstić information content (AvgIpc) is 2.67. The van der Waals surface area contributed by atoms with Crippen molar-refractivity contribution < 1.29 is 13.2 Å².